The van der Waals surface area contributed by atoms with Crippen LogP contribution in [0.1, 0.15) is 24.8 Å². The van der Waals surface area contributed by atoms with Crippen LogP contribution >= 0.6 is 11.8 Å². The number of hydrogen-bond donors (Lipinski definition) is 1. The number of thioether (sulfide) groups is 1. The monoisotopic (exact) mass is 330 g/mol. The third kappa shape index (κ3) is 5.45. The van der Waals surface area contributed by atoms with Crippen molar-refractivity contribution in [2.24, 2.45) is 0 Å². The fraction of sp³-hybridized carbons (Fsp3) is 0.222. The molecule has 1 N–H and O–H groups in total. The summed E-state index contributed by atoms with van der Waals surface area (Å²) in [5, 5.41) is 9.37. The Hall–Kier alpha value is -2.27. The molecule has 2 aromatic rings. The van der Waals surface area contributed by atoms with Gasteiger partial charge < -0.3 is 9.84 Å². The molecule has 1 unspecified atom stereocenters. The molecule has 0 aromatic heterocycles. The van der Waals surface area contributed by atoms with Gasteiger partial charge in [0.15, 0.2) is 5.12 Å². The van der Waals surface area contributed by atoms with Gasteiger partial charge in [0.2, 0.25) is 0 Å². The number of benzene rings is 2. The molecule has 0 aliphatic heterocycles. The zero-order valence-electron chi connectivity index (χ0n) is 12.8. The summed E-state index contributed by atoms with van der Waals surface area (Å²) < 4.78 is 5.69. The molecular formula is C18H18O4S. The Kier molecular flexibility index (Phi) is 6.23. The summed E-state index contributed by atoms with van der Waals surface area (Å²) in [7, 11) is 0. The predicted molar refractivity (Wildman–Crippen MR) is 91.1 cm³/mol. The number of rotatable bonds is 7. The Morgan fingerprint density at radius 3 is 2.22 bits per heavy atom. The average Bonchev–Trinajstić information content (AvgIpc) is 2.53. The highest BCUT2D eigenvalue weighted by molar-refractivity contribution is 8.13. The lowest BCUT2D eigenvalue weighted by atomic mass is 9.97. The molecule has 0 radical (unpaired) electrons. The summed E-state index contributed by atoms with van der Waals surface area (Å²) in [5.74, 6) is 0.378. The third-order valence-corrected chi connectivity index (χ3v) is 4.12. The van der Waals surface area contributed by atoms with Crippen LogP contribution in [0.2, 0.25) is 0 Å². The van der Waals surface area contributed by atoms with E-state index in [0.717, 1.165) is 17.5 Å². The minimum Gasteiger partial charge on any atom is -0.481 e. The first-order valence-corrected chi connectivity index (χ1v) is 8.24. The van der Waals surface area contributed by atoms with Crippen molar-refractivity contribution in [2.45, 2.75) is 19.3 Å². The molecule has 2 aromatic carbocycles. The van der Waals surface area contributed by atoms with E-state index < -0.39 is 11.9 Å². The van der Waals surface area contributed by atoms with Gasteiger partial charge in [-0.2, -0.15) is 0 Å². The SMILES string of the molecule is CC(=O)SCCC(C(=O)O)c1ccc(Oc2ccccc2)cc1. The van der Waals surface area contributed by atoms with E-state index in [4.69, 9.17) is 4.74 Å². The standard InChI is InChI=1S/C18H18O4S/c1-13(19)23-12-11-17(18(20)21)14-7-9-16(10-8-14)22-15-5-3-2-4-6-15/h2-10,17H,11-12H2,1H3,(H,20,21). The first kappa shape index (κ1) is 17.1. The first-order valence-electron chi connectivity index (χ1n) is 7.25. The second-order valence-electron chi connectivity index (χ2n) is 5.00. The quantitative estimate of drug-likeness (QED) is 0.819. The van der Waals surface area contributed by atoms with E-state index in [1.807, 2.05) is 30.3 Å². The summed E-state index contributed by atoms with van der Waals surface area (Å²) in [4.78, 5) is 22.4. The minimum atomic E-state index is -0.883. The van der Waals surface area contributed by atoms with Crippen LogP contribution in [0, 0.1) is 0 Å². The smallest absolute Gasteiger partial charge is 0.311 e. The van der Waals surface area contributed by atoms with Gasteiger partial charge in [-0.05, 0) is 36.2 Å². The van der Waals surface area contributed by atoms with E-state index in [9.17, 15) is 14.7 Å². The number of carbonyl (C=O) groups is 2. The molecule has 120 valence electrons. The van der Waals surface area contributed by atoms with Gasteiger partial charge in [-0.1, -0.05) is 42.1 Å². The summed E-state index contributed by atoms with van der Waals surface area (Å²) >= 11 is 1.15. The number of hydrogen-bond acceptors (Lipinski definition) is 4. The van der Waals surface area contributed by atoms with E-state index >= 15 is 0 Å². The Morgan fingerprint density at radius 2 is 1.65 bits per heavy atom. The molecule has 4 nitrogen and oxygen atoms in total. The third-order valence-electron chi connectivity index (χ3n) is 3.27. The summed E-state index contributed by atoms with van der Waals surface area (Å²) in [6.07, 6.45) is 0.415. The Balaban J connectivity index is 2.03. The molecule has 23 heavy (non-hydrogen) atoms. The maximum atomic E-state index is 11.4. The maximum Gasteiger partial charge on any atom is 0.311 e. The number of ether oxygens (including phenoxy) is 1. The number of aliphatic carboxylic acids is 1. The molecule has 5 heteroatoms. The van der Waals surface area contributed by atoms with Crippen LogP contribution in [0.25, 0.3) is 0 Å². The molecule has 0 heterocycles. The van der Waals surface area contributed by atoms with Gasteiger partial charge in [-0.15, -0.1) is 0 Å². The van der Waals surface area contributed by atoms with Crippen LogP contribution in [0.5, 0.6) is 11.5 Å². The van der Waals surface area contributed by atoms with Crippen molar-refractivity contribution >= 4 is 22.8 Å². The van der Waals surface area contributed by atoms with Gasteiger partial charge >= 0.3 is 5.97 Å². The molecule has 0 aliphatic carbocycles. The molecule has 0 bridgehead atoms. The number of carboxylic acids is 1. The van der Waals surface area contributed by atoms with Crippen LogP contribution < -0.4 is 4.74 Å². The molecule has 1 atom stereocenters. The molecule has 0 amide bonds. The second kappa shape index (κ2) is 8.39. The van der Waals surface area contributed by atoms with Gasteiger partial charge in [0.05, 0.1) is 5.92 Å². The molecule has 0 aliphatic rings. The molecule has 0 fully saturated rings. The largest absolute Gasteiger partial charge is 0.481 e. The zero-order valence-corrected chi connectivity index (χ0v) is 13.6. The zero-order chi connectivity index (χ0) is 16.7. The van der Waals surface area contributed by atoms with E-state index in [1.54, 1.807) is 24.3 Å². The fourth-order valence-electron chi connectivity index (χ4n) is 2.15. The van der Waals surface area contributed by atoms with Crippen LogP contribution in [0.15, 0.2) is 54.6 Å². The maximum absolute atomic E-state index is 11.4. The van der Waals surface area contributed by atoms with E-state index in [-0.39, 0.29) is 5.12 Å². The lowest BCUT2D eigenvalue weighted by Gasteiger charge is -2.13. The van der Waals surface area contributed by atoms with E-state index in [1.165, 1.54) is 6.92 Å². The Bertz CT molecular complexity index is 652. The highest BCUT2D eigenvalue weighted by atomic mass is 32.2. The van der Waals surface area contributed by atoms with Crippen molar-refractivity contribution in [2.75, 3.05) is 5.75 Å². The summed E-state index contributed by atoms with van der Waals surface area (Å²) in [6, 6.07) is 16.4. The lowest BCUT2D eigenvalue weighted by molar-refractivity contribution is -0.138. The topological polar surface area (TPSA) is 63.6 Å². The molecule has 0 saturated heterocycles. The van der Waals surface area contributed by atoms with Crippen molar-refractivity contribution in [1.82, 2.24) is 0 Å². The van der Waals surface area contributed by atoms with Crippen molar-refractivity contribution in [3.63, 3.8) is 0 Å². The normalized spacial score (nSPS) is 11.7. The second-order valence-corrected chi connectivity index (χ2v) is 6.28. The fourth-order valence-corrected chi connectivity index (χ4v) is 2.79. The number of para-hydroxylation sites is 1. The molecule has 2 rings (SSSR count). The predicted octanol–water partition coefficient (Wildman–Crippen LogP) is 4.32. The van der Waals surface area contributed by atoms with Gasteiger partial charge in [-0.3, -0.25) is 9.59 Å². The Morgan fingerprint density at radius 1 is 1.04 bits per heavy atom. The summed E-state index contributed by atoms with van der Waals surface area (Å²) in [6.45, 7) is 1.48. The molecule has 0 spiro atoms. The van der Waals surface area contributed by atoms with Crippen molar-refractivity contribution in [3.05, 3.63) is 60.2 Å². The van der Waals surface area contributed by atoms with Crippen LogP contribution in [0.4, 0.5) is 0 Å². The van der Waals surface area contributed by atoms with Crippen molar-refractivity contribution in [3.8, 4) is 11.5 Å². The van der Waals surface area contributed by atoms with Crippen LogP contribution in [-0.4, -0.2) is 21.9 Å². The highest BCUT2D eigenvalue weighted by Gasteiger charge is 2.19. The van der Waals surface area contributed by atoms with Gasteiger partial charge in [-0.25, -0.2) is 0 Å². The van der Waals surface area contributed by atoms with Gasteiger partial charge in [0, 0.05) is 12.7 Å². The Labute approximate surface area is 139 Å². The highest BCUT2D eigenvalue weighted by Crippen LogP contribution is 2.26. The molecular weight excluding hydrogens is 312 g/mol. The van der Waals surface area contributed by atoms with Crippen LogP contribution in [0.3, 0.4) is 0 Å². The van der Waals surface area contributed by atoms with Crippen molar-refractivity contribution < 1.29 is 19.4 Å². The van der Waals surface area contributed by atoms with Gasteiger partial charge in [0.25, 0.3) is 0 Å². The number of carboxylic acid groups (broad SMARTS) is 1. The molecule has 0 saturated carbocycles. The van der Waals surface area contributed by atoms with Crippen LogP contribution in [-0.2, 0) is 9.59 Å². The van der Waals surface area contributed by atoms with Crippen molar-refractivity contribution in [1.29, 1.82) is 0 Å². The summed E-state index contributed by atoms with van der Waals surface area (Å²) in [5.41, 5.74) is 0.710. The lowest BCUT2D eigenvalue weighted by Crippen LogP contribution is -2.12. The van der Waals surface area contributed by atoms with E-state index in [0.29, 0.717) is 23.5 Å². The first-order chi connectivity index (χ1) is 11.1. The van der Waals surface area contributed by atoms with E-state index in [2.05, 4.69) is 0 Å². The minimum absolute atomic E-state index is 0.000692. The van der Waals surface area contributed by atoms with Gasteiger partial charge in [0.1, 0.15) is 11.5 Å². The average molecular weight is 330 g/mol. The number of carbonyl (C=O) groups excluding carboxylic acids is 1.